The lowest BCUT2D eigenvalue weighted by molar-refractivity contribution is -0.151. The molecule has 0 spiro atoms. The van der Waals surface area contributed by atoms with Crippen molar-refractivity contribution in [3.8, 4) is 11.5 Å². The van der Waals surface area contributed by atoms with E-state index in [0.29, 0.717) is 6.42 Å². The minimum Gasteiger partial charge on any atom is -0.493 e. The van der Waals surface area contributed by atoms with Crippen LogP contribution in [0.3, 0.4) is 0 Å². The molecule has 164 valence electrons. The Morgan fingerprint density at radius 2 is 1.97 bits per heavy atom. The SMILES string of the molecule is COc1ccnc(C(=O)N[C@@H](C)C(=O)OC2Cc3cccc(C)c3C2C)c1OC(C)=O. The lowest BCUT2D eigenvalue weighted by Crippen LogP contribution is -2.41. The molecule has 2 aromatic rings. The average Bonchev–Trinajstić information content (AvgIpc) is 3.04. The van der Waals surface area contributed by atoms with E-state index in [4.69, 9.17) is 14.2 Å². The van der Waals surface area contributed by atoms with Gasteiger partial charge in [-0.05, 0) is 30.5 Å². The Balaban J connectivity index is 1.69. The molecule has 0 radical (unpaired) electrons. The smallest absolute Gasteiger partial charge is 0.328 e. The molecule has 1 N–H and O–H groups in total. The number of nitrogens with one attached hydrogen (secondary N) is 1. The molecule has 0 aliphatic heterocycles. The molecule has 1 aromatic heterocycles. The van der Waals surface area contributed by atoms with Gasteiger partial charge in [0.2, 0.25) is 5.75 Å². The number of carbonyl (C=O) groups is 3. The standard InChI is InChI=1S/C23H26N2O6/c1-12-7-6-8-16-11-18(13(2)19(12)16)31-23(28)14(3)25-22(27)20-21(30-15(4)26)17(29-5)9-10-24-20/h6-10,13-14,18H,11H2,1-5H3,(H,25,27)/t13?,14-,18?/m0/s1. The van der Waals surface area contributed by atoms with Gasteiger partial charge in [-0.1, -0.05) is 25.1 Å². The van der Waals surface area contributed by atoms with Gasteiger partial charge in [-0.3, -0.25) is 9.59 Å². The number of ether oxygens (including phenoxy) is 3. The number of methoxy groups -OCH3 is 1. The highest BCUT2D eigenvalue weighted by atomic mass is 16.6. The Bertz CT molecular complexity index is 1020. The molecule has 2 unspecified atom stereocenters. The second-order valence-corrected chi connectivity index (χ2v) is 7.60. The van der Waals surface area contributed by atoms with Crippen molar-refractivity contribution in [2.24, 2.45) is 0 Å². The molecular formula is C23H26N2O6. The Labute approximate surface area is 180 Å². The second-order valence-electron chi connectivity index (χ2n) is 7.60. The van der Waals surface area contributed by atoms with Crippen LogP contribution in [-0.2, 0) is 20.7 Å². The van der Waals surface area contributed by atoms with Gasteiger partial charge in [0.25, 0.3) is 5.91 Å². The van der Waals surface area contributed by atoms with E-state index in [1.54, 1.807) is 0 Å². The zero-order chi connectivity index (χ0) is 22.7. The molecule has 31 heavy (non-hydrogen) atoms. The van der Waals surface area contributed by atoms with Crippen LogP contribution in [0.4, 0.5) is 0 Å². The van der Waals surface area contributed by atoms with E-state index >= 15 is 0 Å². The van der Waals surface area contributed by atoms with Gasteiger partial charge in [0.05, 0.1) is 7.11 Å². The van der Waals surface area contributed by atoms with Crippen molar-refractivity contribution >= 4 is 17.8 Å². The third kappa shape index (κ3) is 4.68. The summed E-state index contributed by atoms with van der Waals surface area (Å²) in [7, 11) is 1.38. The first-order valence-electron chi connectivity index (χ1n) is 10.0. The van der Waals surface area contributed by atoms with E-state index in [1.807, 2.05) is 32.0 Å². The van der Waals surface area contributed by atoms with Gasteiger partial charge in [0.15, 0.2) is 11.4 Å². The van der Waals surface area contributed by atoms with Gasteiger partial charge in [0.1, 0.15) is 12.1 Å². The predicted molar refractivity (Wildman–Crippen MR) is 112 cm³/mol. The summed E-state index contributed by atoms with van der Waals surface area (Å²) in [6.07, 6.45) is 1.69. The van der Waals surface area contributed by atoms with Crippen LogP contribution in [0.25, 0.3) is 0 Å². The fourth-order valence-electron chi connectivity index (χ4n) is 3.86. The molecule has 0 fully saturated rings. The number of nitrogens with zero attached hydrogens (tertiary/aromatic N) is 1. The van der Waals surface area contributed by atoms with Crippen LogP contribution in [0.2, 0.25) is 0 Å². The van der Waals surface area contributed by atoms with Gasteiger partial charge >= 0.3 is 11.9 Å². The number of hydrogen-bond acceptors (Lipinski definition) is 7. The normalized spacial score (nSPS) is 18.0. The number of esters is 2. The minimum absolute atomic E-state index is 0.0682. The highest BCUT2D eigenvalue weighted by Crippen LogP contribution is 2.37. The molecule has 1 aliphatic carbocycles. The molecule has 3 rings (SSSR count). The Kier molecular flexibility index (Phi) is 6.58. The lowest BCUT2D eigenvalue weighted by Gasteiger charge is -2.21. The van der Waals surface area contributed by atoms with Crippen LogP contribution in [-0.4, -0.2) is 42.1 Å². The number of rotatable bonds is 6. The summed E-state index contributed by atoms with van der Waals surface area (Å²) in [5, 5.41) is 2.56. The fourth-order valence-corrected chi connectivity index (χ4v) is 3.86. The van der Waals surface area contributed by atoms with E-state index in [0.717, 1.165) is 0 Å². The van der Waals surface area contributed by atoms with E-state index < -0.39 is 23.9 Å². The number of hydrogen-bond donors (Lipinski definition) is 1. The zero-order valence-electron chi connectivity index (χ0n) is 18.2. The van der Waals surface area contributed by atoms with Gasteiger partial charge in [-0.25, -0.2) is 9.78 Å². The quantitative estimate of drug-likeness (QED) is 0.708. The number of fused-ring (bicyclic) bond motifs is 1. The predicted octanol–water partition coefficient (Wildman–Crippen LogP) is 2.71. The number of amides is 1. The zero-order valence-corrected chi connectivity index (χ0v) is 18.2. The highest BCUT2D eigenvalue weighted by Gasteiger charge is 2.34. The maximum Gasteiger partial charge on any atom is 0.328 e. The van der Waals surface area contributed by atoms with E-state index in [2.05, 4.69) is 10.3 Å². The van der Waals surface area contributed by atoms with Crippen molar-refractivity contribution in [1.82, 2.24) is 10.3 Å². The Hall–Kier alpha value is -3.42. The number of aryl methyl sites for hydroxylation is 1. The number of carbonyl (C=O) groups excluding carboxylic acids is 3. The van der Waals surface area contributed by atoms with Crippen LogP contribution in [0.5, 0.6) is 11.5 Å². The van der Waals surface area contributed by atoms with Crippen molar-refractivity contribution in [3.05, 3.63) is 52.8 Å². The molecule has 1 heterocycles. The highest BCUT2D eigenvalue weighted by molar-refractivity contribution is 5.98. The summed E-state index contributed by atoms with van der Waals surface area (Å²) in [5.41, 5.74) is 3.40. The molecule has 1 aliphatic rings. The third-order valence-corrected chi connectivity index (χ3v) is 5.37. The molecule has 0 saturated carbocycles. The van der Waals surface area contributed by atoms with E-state index in [9.17, 15) is 14.4 Å². The van der Waals surface area contributed by atoms with Crippen molar-refractivity contribution in [3.63, 3.8) is 0 Å². The Morgan fingerprint density at radius 1 is 1.23 bits per heavy atom. The molecule has 8 heteroatoms. The third-order valence-electron chi connectivity index (χ3n) is 5.37. The Morgan fingerprint density at radius 3 is 2.61 bits per heavy atom. The number of aromatic nitrogens is 1. The first kappa shape index (κ1) is 22.3. The van der Waals surface area contributed by atoms with Crippen molar-refractivity contribution < 1.29 is 28.6 Å². The maximum atomic E-state index is 12.7. The summed E-state index contributed by atoms with van der Waals surface area (Å²) in [4.78, 5) is 40.8. The van der Waals surface area contributed by atoms with Crippen LogP contribution < -0.4 is 14.8 Å². The monoisotopic (exact) mass is 426 g/mol. The molecule has 3 atom stereocenters. The van der Waals surface area contributed by atoms with Gasteiger partial charge in [-0.15, -0.1) is 0 Å². The molecule has 0 bridgehead atoms. The fraction of sp³-hybridized carbons (Fsp3) is 0.391. The van der Waals surface area contributed by atoms with Crippen molar-refractivity contribution in [2.75, 3.05) is 7.11 Å². The lowest BCUT2D eigenvalue weighted by atomic mass is 9.97. The summed E-state index contributed by atoms with van der Waals surface area (Å²) in [6, 6.07) is 6.62. The number of benzene rings is 1. The van der Waals surface area contributed by atoms with E-state index in [-0.39, 0.29) is 29.2 Å². The summed E-state index contributed by atoms with van der Waals surface area (Å²) >= 11 is 0. The maximum absolute atomic E-state index is 12.7. The van der Waals surface area contributed by atoms with E-state index in [1.165, 1.54) is 49.9 Å². The van der Waals surface area contributed by atoms with Gasteiger partial charge < -0.3 is 19.5 Å². The number of pyridine rings is 1. The minimum atomic E-state index is -0.928. The summed E-state index contributed by atoms with van der Waals surface area (Å²) < 4.78 is 16.0. The van der Waals surface area contributed by atoms with Crippen LogP contribution in [0.15, 0.2) is 30.5 Å². The molecule has 1 amide bonds. The van der Waals surface area contributed by atoms with Gasteiger partial charge in [0, 0.05) is 31.5 Å². The topological polar surface area (TPSA) is 104 Å². The molecule has 1 aromatic carbocycles. The first-order valence-corrected chi connectivity index (χ1v) is 10.0. The van der Waals surface area contributed by atoms with Crippen LogP contribution in [0, 0.1) is 6.92 Å². The second kappa shape index (κ2) is 9.16. The average molecular weight is 426 g/mol. The van der Waals surface area contributed by atoms with Crippen LogP contribution >= 0.6 is 0 Å². The van der Waals surface area contributed by atoms with Gasteiger partial charge in [-0.2, -0.15) is 0 Å². The van der Waals surface area contributed by atoms with Crippen LogP contribution in [0.1, 0.15) is 53.9 Å². The summed E-state index contributed by atoms with van der Waals surface area (Å²) in [6.45, 7) is 6.82. The molecular weight excluding hydrogens is 400 g/mol. The summed E-state index contributed by atoms with van der Waals surface area (Å²) in [5.74, 6) is -1.72. The van der Waals surface area contributed by atoms with Crippen molar-refractivity contribution in [1.29, 1.82) is 0 Å². The molecule has 8 nitrogen and oxygen atoms in total. The van der Waals surface area contributed by atoms with Crippen molar-refractivity contribution in [2.45, 2.75) is 52.2 Å². The molecule has 0 saturated heterocycles. The first-order chi connectivity index (χ1) is 14.7. The largest absolute Gasteiger partial charge is 0.493 e.